The lowest BCUT2D eigenvalue weighted by Crippen LogP contribution is -2.05. The summed E-state index contributed by atoms with van der Waals surface area (Å²) in [5.74, 6) is -0.193. The summed E-state index contributed by atoms with van der Waals surface area (Å²) in [6.45, 7) is 3.47. The van der Waals surface area contributed by atoms with Gasteiger partial charge < -0.3 is 0 Å². The highest BCUT2D eigenvalue weighted by Crippen LogP contribution is 2.32. The number of nitrogens with zero attached hydrogens (tertiary/aromatic N) is 2. The molecule has 3 rings (SSSR count). The summed E-state index contributed by atoms with van der Waals surface area (Å²) in [7, 11) is 0. The number of aromatic nitrogens is 2. The molecule has 1 aromatic heterocycles. The van der Waals surface area contributed by atoms with Crippen LogP contribution in [0.5, 0.6) is 0 Å². The van der Waals surface area contributed by atoms with Crippen LogP contribution in [0.3, 0.4) is 0 Å². The minimum absolute atomic E-state index is 0.193. The Morgan fingerprint density at radius 3 is 2.43 bits per heavy atom. The zero-order valence-corrected chi connectivity index (χ0v) is 12.4. The molecule has 0 N–H and O–H groups in total. The lowest BCUT2D eigenvalue weighted by molar-refractivity contribution is 0.112. The minimum atomic E-state index is -0.193. The summed E-state index contributed by atoms with van der Waals surface area (Å²) in [4.78, 5) is 11.3. The molecule has 0 amide bonds. The third-order valence-corrected chi connectivity index (χ3v) is 4.30. The van der Waals surface area contributed by atoms with Crippen molar-refractivity contribution in [1.29, 1.82) is 0 Å². The quantitative estimate of drug-likeness (QED) is 0.791. The molecule has 1 heterocycles. The fraction of sp³-hybridized carbons (Fsp3) is 0.412. The lowest BCUT2D eigenvalue weighted by Gasteiger charge is -2.09. The van der Waals surface area contributed by atoms with Crippen LogP contribution in [0.25, 0.3) is 11.3 Å². The van der Waals surface area contributed by atoms with Crippen LogP contribution >= 0.6 is 0 Å². The van der Waals surface area contributed by atoms with E-state index in [1.165, 1.54) is 12.8 Å². The molecule has 0 spiro atoms. The summed E-state index contributed by atoms with van der Waals surface area (Å²) >= 11 is 0. The smallest absolute Gasteiger partial charge is 0.153 e. The summed E-state index contributed by atoms with van der Waals surface area (Å²) in [5, 5.41) is 4.61. The van der Waals surface area contributed by atoms with Crippen LogP contribution < -0.4 is 0 Å². The molecule has 0 saturated heterocycles. The number of aryl methyl sites for hydroxylation is 2. The molecule has 0 atom stereocenters. The Balaban J connectivity index is 2.07. The van der Waals surface area contributed by atoms with Crippen molar-refractivity contribution in [3.05, 3.63) is 40.8 Å². The van der Waals surface area contributed by atoms with Gasteiger partial charge in [-0.3, -0.25) is 9.48 Å². The van der Waals surface area contributed by atoms with E-state index in [2.05, 4.69) is 5.10 Å². The van der Waals surface area contributed by atoms with Gasteiger partial charge in [-0.25, -0.2) is 4.39 Å². The molecule has 0 unspecified atom stereocenters. The predicted octanol–water partition coefficient (Wildman–Crippen LogP) is 4.23. The van der Waals surface area contributed by atoms with Crippen molar-refractivity contribution in [2.45, 2.75) is 45.6 Å². The average molecular weight is 286 g/mol. The second-order valence-corrected chi connectivity index (χ2v) is 5.89. The Hall–Kier alpha value is -1.97. The van der Waals surface area contributed by atoms with Gasteiger partial charge in [0.05, 0.1) is 11.6 Å². The van der Waals surface area contributed by atoms with Crippen LogP contribution in [0.2, 0.25) is 0 Å². The number of aldehydes is 1. The van der Waals surface area contributed by atoms with Crippen molar-refractivity contribution >= 4 is 6.29 Å². The predicted molar refractivity (Wildman–Crippen MR) is 80.0 cm³/mol. The summed E-state index contributed by atoms with van der Waals surface area (Å²) in [5.41, 5.74) is 3.20. The van der Waals surface area contributed by atoms with E-state index in [0.717, 1.165) is 24.7 Å². The molecule has 2 aromatic rings. The van der Waals surface area contributed by atoms with Crippen LogP contribution in [0, 0.1) is 19.7 Å². The maximum Gasteiger partial charge on any atom is 0.153 e. The molecule has 110 valence electrons. The van der Waals surface area contributed by atoms with Gasteiger partial charge in [-0.2, -0.15) is 5.10 Å². The third-order valence-electron chi connectivity index (χ3n) is 4.30. The normalized spacial score (nSPS) is 15.6. The maximum atomic E-state index is 13.8. The Morgan fingerprint density at radius 2 is 1.86 bits per heavy atom. The summed E-state index contributed by atoms with van der Waals surface area (Å²) < 4.78 is 15.7. The Kier molecular flexibility index (Phi) is 3.62. The maximum absolute atomic E-state index is 13.8. The van der Waals surface area contributed by atoms with Crippen molar-refractivity contribution in [1.82, 2.24) is 9.78 Å². The van der Waals surface area contributed by atoms with Gasteiger partial charge in [-0.15, -0.1) is 0 Å². The van der Waals surface area contributed by atoms with Gasteiger partial charge in [0.25, 0.3) is 0 Å². The van der Waals surface area contributed by atoms with Gasteiger partial charge >= 0.3 is 0 Å². The standard InChI is InChI=1S/C17H19FN2O/c1-11-7-13(8-12(2)16(11)18)17-14(10-21)9-20(19-17)15-5-3-4-6-15/h7-10,15H,3-6H2,1-2H3. The van der Waals surface area contributed by atoms with Crippen molar-refractivity contribution in [3.8, 4) is 11.3 Å². The highest BCUT2D eigenvalue weighted by molar-refractivity contribution is 5.85. The van der Waals surface area contributed by atoms with Crippen molar-refractivity contribution < 1.29 is 9.18 Å². The van der Waals surface area contributed by atoms with Crippen LogP contribution in [0.1, 0.15) is 53.2 Å². The van der Waals surface area contributed by atoms with E-state index in [0.29, 0.717) is 28.4 Å². The molecule has 0 bridgehead atoms. The summed E-state index contributed by atoms with van der Waals surface area (Å²) in [6, 6.07) is 3.91. The van der Waals surface area contributed by atoms with E-state index in [1.807, 2.05) is 10.9 Å². The molecule has 0 radical (unpaired) electrons. The first-order valence-electron chi connectivity index (χ1n) is 7.41. The zero-order chi connectivity index (χ0) is 15.0. The van der Waals surface area contributed by atoms with Crippen molar-refractivity contribution in [3.63, 3.8) is 0 Å². The zero-order valence-electron chi connectivity index (χ0n) is 12.4. The fourth-order valence-corrected chi connectivity index (χ4v) is 3.15. The number of hydrogen-bond acceptors (Lipinski definition) is 2. The average Bonchev–Trinajstić information content (AvgIpc) is 3.12. The first-order valence-corrected chi connectivity index (χ1v) is 7.41. The van der Waals surface area contributed by atoms with Crippen LogP contribution in [-0.4, -0.2) is 16.1 Å². The highest BCUT2D eigenvalue weighted by Gasteiger charge is 2.21. The number of benzene rings is 1. The largest absolute Gasteiger partial charge is 0.298 e. The van der Waals surface area contributed by atoms with E-state index < -0.39 is 0 Å². The second-order valence-electron chi connectivity index (χ2n) is 5.89. The third kappa shape index (κ3) is 2.50. The SMILES string of the molecule is Cc1cc(-c2nn(C3CCCC3)cc2C=O)cc(C)c1F. The van der Waals surface area contributed by atoms with E-state index in [9.17, 15) is 9.18 Å². The molecule has 1 aromatic carbocycles. The van der Waals surface area contributed by atoms with Crippen molar-refractivity contribution in [2.24, 2.45) is 0 Å². The molecule has 0 aliphatic heterocycles. The van der Waals surface area contributed by atoms with Gasteiger partial charge in [-0.1, -0.05) is 12.8 Å². The van der Waals surface area contributed by atoms with Gasteiger partial charge in [0, 0.05) is 11.8 Å². The second kappa shape index (κ2) is 5.43. The molecule has 1 saturated carbocycles. The fourth-order valence-electron chi connectivity index (χ4n) is 3.15. The molecule has 1 fully saturated rings. The molecular formula is C17H19FN2O. The molecule has 4 heteroatoms. The Bertz CT molecular complexity index is 661. The van der Waals surface area contributed by atoms with Crippen molar-refractivity contribution in [2.75, 3.05) is 0 Å². The topological polar surface area (TPSA) is 34.9 Å². The van der Waals surface area contributed by atoms with Gasteiger partial charge in [0.1, 0.15) is 11.5 Å². The van der Waals surface area contributed by atoms with Crippen LogP contribution in [0.4, 0.5) is 4.39 Å². The molecule has 1 aliphatic carbocycles. The number of hydrogen-bond donors (Lipinski definition) is 0. The Morgan fingerprint density at radius 1 is 1.24 bits per heavy atom. The summed E-state index contributed by atoms with van der Waals surface area (Å²) in [6.07, 6.45) is 7.31. The molecule has 21 heavy (non-hydrogen) atoms. The first kappa shape index (κ1) is 14.0. The number of rotatable bonds is 3. The van der Waals surface area contributed by atoms with E-state index in [-0.39, 0.29) is 5.82 Å². The van der Waals surface area contributed by atoms with E-state index in [1.54, 1.807) is 26.0 Å². The molecule has 3 nitrogen and oxygen atoms in total. The lowest BCUT2D eigenvalue weighted by atomic mass is 10.0. The molecular weight excluding hydrogens is 267 g/mol. The van der Waals surface area contributed by atoms with Crippen LogP contribution in [-0.2, 0) is 0 Å². The van der Waals surface area contributed by atoms with Gasteiger partial charge in [-0.05, 0) is 49.9 Å². The Labute approximate surface area is 123 Å². The monoisotopic (exact) mass is 286 g/mol. The minimum Gasteiger partial charge on any atom is -0.298 e. The van der Waals surface area contributed by atoms with E-state index >= 15 is 0 Å². The van der Waals surface area contributed by atoms with Crippen LogP contribution in [0.15, 0.2) is 18.3 Å². The van der Waals surface area contributed by atoms with E-state index in [4.69, 9.17) is 0 Å². The highest BCUT2D eigenvalue weighted by atomic mass is 19.1. The van der Waals surface area contributed by atoms with Gasteiger partial charge in [0.15, 0.2) is 6.29 Å². The first-order chi connectivity index (χ1) is 10.1. The van der Waals surface area contributed by atoms with Gasteiger partial charge in [0.2, 0.25) is 0 Å². The number of carbonyl (C=O) groups is 1. The molecule has 1 aliphatic rings. The number of carbonyl (C=O) groups excluding carboxylic acids is 1. The number of halogens is 1.